The average molecular weight is 278 g/mol. The van der Waals surface area contributed by atoms with Crippen molar-refractivity contribution in [3.63, 3.8) is 0 Å². The molecule has 2 aromatic rings. The summed E-state index contributed by atoms with van der Waals surface area (Å²) in [5.74, 6) is -0.333. The Bertz CT molecular complexity index is 674. The van der Waals surface area contributed by atoms with Gasteiger partial charge in [-0.3, -0.25) is 9.59 Å². The molecule has 1 amide bonds. The molecule has 5 nitrogen and oxygen atoms in total. The van der Waals surface area contributed by atoms with E-state index in [1.807, 2.05) is 6.92 Å². The maximum atomic E-state index is 12.0. The lowest BCUT2D eigenvalue weighted by Gasteiger charge is -2.10. The molecule has 2 rings (SSSR count). The largest absolute Gasteiger partial charge is 0.398 e. The molecule has 0 bridgehead atoms. The summed E-state index contributed by atoms with van der Waals surface area (Å²) in [7, 11) is 0. The van der Waals surface area contributed by atoms with Crippen LogP contribution >= 0.6 is 11.6 Å². The summed E-state index contributed by atoms with van der Waals surface area (Å²) in [6, 6.07) is 6.01. The van der Waals surface area contributed by atoms with E-state index in [2.05, 4.69) is 10.3 Å². The Labute approximate surface area is 114 Å². The van der Waals surface area contributed by atoms with Crippen molar-refractivity contribution in [1.29, 1.82) is 0 Å². The molecule has 1 aromatic heterocycles. The fourth-order valence-corrected chi connectivity index (χ4v) is 1.75. The van der Waals surface area contributed by atoms with Crippen molar-refractivity contribution < 1.29 is 4.79 Å². The minimum Gasteiger partial charge on any atom is -0.398 e. The Balaban J connectivity index is 2.26. The number of benzene rings is 1. The van der Waals surface area contributed by atoms with Crippen molar-refractivity contribution >= 4 is 28.9 Å². The minimum atomic E-state index is -0.333. The number of H-pyrrole nitrogens is 1. The second kappa shape index (κ2) is 5.16. The van der Waals surface area contributed by atoms with Crippen molar-refractivity contribution in [3.8, 4) is 0 Å². The number of nitrogen functional groups attached to an aromatic ring is 1. The number of anilines is 2. The number of pyridine rings is 1. The number of aromatic amines is 1. The van der Waals surface area contributed by atoms with Crippen LogP contribution in [0.15, 0.2) is 35.3 Å². The molecule has 1 aromatic carbocycles. The van der Waals surface area contributed by atoms with E-state index in [9.17, 15) is 9.59 Å². The Morgan fingerprint density at radius 1 is 1.37 bits per heavy atom. The average Bonchev–Trinajstić information content (AvgIpc) is 2.36. The van der Waals surface area contributed by atoms with Crippen LogP contribution < -0.4 is 16.6 Å². The molecule has 0 spiro atoms. The fraction of sp³-hybridized carbons (Fsp3) is 0.0769. The highest BCUT2D eigenvalue weighted by Gasteiger charge is 2.09. The lowest BCUT2D eigenvalue weighted by Crippen LogP contribution is -2.15. The van der Waals surface area contributed by atoms with Crippen LogP contribution in [0, 0.1) is 6.92 Å². The van der Waals surface area contributed by atoms with E-state index in [1.165, 1.54) is 18.3 Å². The van der Waals surface area contributed by atoms with E-state index in [1.54, 1.807) is 12.1 Å². The molecule has 6 heteroatoms. The molecule has 0 aliphatic rings. The fourth-order valence-electron chi connectivity index (χ4n) is 1.58. The van der Waals surface area contributed by atoms with E-state index in [0.717, 1.165) is 5.56 Å². The van der Waals surface area contributed by atoms with Gasteiger partial charge in [0.05, 0.1) is 16.3 Å². The smallest absolute Gasteiger partial charge is 0.257 e. The standard InChI is InChI=1S/C13H12ClN3O2/c1-7-4-10(15)9(14)5-11(7)17-13(19)8-2-3-12(18)16-6-8/h2-6H,15H2,1H3,(H,16,18)(H,17,19). The minimum absolute atomic E-state index is 0.261. The molecule has 19 heavy (non-hydrogen) atoms. The van der Waals surface area contributed by atoms with E-state index >= 15 is 0 Å². The summed E-state index contributed by atoms with van der Waals surface area (Å²) in [5.41, 5.74) is 7.60. The van der Waals surface area contributed by atoms with Gasteiger partial charge >= 0.3 is 0 Å². The maximum Gasteiger partial charge on any atom is 0.257 e. The Hall–Kier alpha value is -2.27. The van der Waals surface area contributed by atoms with Gasteiger partial charge in [-0.15, -0.1) is 0 Å². The molecule has 0 unspecified atom stereocenters. The van der Waals surface area contributed by atoms with Crippen LogP contribution in [0.25, 0.3) is 0 Å². The number of nitrogens with two attached hydrogens (primary N) is 1. The van der Waals surface area contributed by atoms with E-state index in [4.69, 9.17) is 17.3 Å². The van der Waals surface area contributed by atoms with Crippen molar-refractivity contribution in [1.82, 2.24) is 4.98 Å². The molecule has 0 saturated heterocycles. The monoisotopic (exact) mass is 277 g/mol. The molecule has 0 saturated carbocycles. The first-order chi connectivity index (χ1) is 8.97. The number of nitrogens with one attached hydrogen (secondary N) is 2. The predicted octanol–water partition coefficient (Wildman–Crippen LogP) is 2.17. The molecular weight excluding hydrogens is 266 g/mol. The second-order valence-corrected chi connectivity index (χ2v) is 4.49. The molecule has 1 heterocycles. The highest BCUT2D eigenvalue weighted by Crippen LogP contribution is 2.26. The number of amides is 1. The number of aromatic nitrogens is 1. The van der Waals surface area contributed by atoms with Gasteiger partial charge in [-0.25, -0.2) is 0 Å². The van der Waals surface area contributed by atoms with Crippen LogP contribution in [0.2, 0.25) is 5.02 Å². The van der Waals surface area contributed by atoms with E-state index < -0.39 is 0 Å². The Kier molecular flexibility index (Phi) is 3.57. The van der Waals surface area contributed by atoms with Crippen molar-refractivity contribution in [2.75, 3.05) is 11.1 Å². The Morgan fingerprint density at radius 2 is 2.11 bits per heavy atom. The number of aryl methyl sites for hydroxylation is 1. The Morgan fingerprint density at radius 3 is 2.74 bits per heavy atom. The van der Waals surface area contributed by atoms with Gasteiger partial charge in [-0.1, -0.05) is 11.6 Å². The number of rotatable bonds is 2. The zero-order valence-electron chi connectivity index (χ0n) is 10.2. The van der Waals surface area contributed by atoms with Gasteiger partial charge in [0, 0.05) is 18.0 Å². The highest BCUT2D eigenvalue weighted by atomic mass is 35.5. The zero-order chi connectivity index (χ0) is 14.0. The van der Waals surface area contributed by atoms with Gasteiger partial charge in [0.15, 0.2) is 0 Å². The molecule has 0 radical (unpaired) electrons. The highest BCUT2D eigenvalue weighted by molar-refractivity contribution is 6.33. The third-order valence-corrected chi connectivity index (χ3v) is 2.97. The van der Waals surface area contributed by atoms with Crippen molar-refractivity contribution in [2.45, 2.75) is 6.92 Å². The summed E-state index contributed by atoms with van der Waals surface area (Å²) < 4.78 is 0. The first kappa shape index (κ1) is 13.2. The predicted molar refractivity (Wildman–Crippen MR) is 75.6 cm³/mol. The van der Waals surface area contributed by atoms with E-state index in [0.29, 0.717) is 22.0 Å². The van der Waals surface area contributed by atoms with Gasteiger partial charge < -0.3 is 16.0 Å². The molecule has 0 atom stereocenters. The SMILES string of the molecule is Cc1cc(N)c(Cl)cc1NC(=O)c1ccc(=O)[nH]c1. The summed E-state index contributed by atoms with van der Waals surface area (Å²) in [6.07, 6.45) is 1.35. The molecule has 98 valence electrons. The van der Waals surface area contributed by atoms with Crippen LogP contribution in [-0.2, 0) is 0 Å². The third kappa shape index (κ3) is 2.95. The van der Waals surface area contributed by atoms with Gasteiger partial charge in [0.25, 0.3) is 5.91 Å². The summed E-state index contributed by atoms with van der Waals surface area (Å²) >= 11 is 5.91. The van der Waals surface area contributed by atoms with Crippen LogP contribution in [-0.4, -0.2) is 10.9 Å². The third-order valence-electron chi connectivity index (χ3n) is 2.64. The van der Waals surface area contributed by atoms with Crippen LogP contribution in [0.5, 0.6) is 0 Å². The van der Waals surface area contributed by atoms with Crippen LogP contribution in [0.3, 0.4) is 0 Å². The molecule has 0 aliphatic heterocycles. The first-order valence-corrected chi connectivity index (χ1v) is 5.91. The quantitative estimate of drug-likeness (QED) is 0.735. The molecule has 0 aliphatic carbocycles. The van der Waals surface area contributed by atoms with Gasteiger partial charge in [0.2, 0.25) is 5.56 Å². The molecule has 0 fully saturated rings. The van der Waals surface area contributed by atoms with Gasteiger partial charge in [-0.05, 0) is 30.7 Å². The normalized spacial score (nSPS) is 10.2. The summed E-state index contributed by atoms with van der Waals surface area (Å²) in [4.78, 5) is 25.3. The molecular formula is C13H12ClN3O2. The van der Waals surface area contributed by atoms with Crippen molar-refractivity contribution in [2.24, 2.45) is 0 Å². The maximum absolute atomic E-state index is 12.0. The summed E-state index contributed by atoms with van der Waals surface area (Å²) in [5, 5.41) is 3.09. The lowest BCUT2D eigenvalue weighted by atomic mass is 10.1. The zero-order valence-corrected chi connectivity index (χ0v) is 10.9. The number of carbonyl (C=O) groups excluding carboxylic acids is 1. The van der Waals surface area contributed by atoms with Gasteiger partial charge in [-0.2, -0.15) is 0 Å². The van der Waals surface area contributed by atoms with Crippen LogP contribution in [0.4, 0.5) is 11.4 Å². The number of hydrogen-bond donors (Lipinski definition) is 3. The molecule has 4 N–H and O–H groups in total. The lowest BCUT2D eigenvalue weighted by molar-refractivity contribution is 0.102. The summed E-state index contributed by atoms with van der Waals surface area (Å²) in [6.45, 7) is 1.81. The second-order valence-electron chi connectivity index (χ2n) is 4.08. The van der Waals surface area contributed by atoms with Crippen molar-refractivity contribution in [3.05, 3.63) is 57.0 Å². The number of hydrogen-bond acceptors (Lipinski definition) is 3. The topological polar surface area (TPSA) is 88.0 Å². The first-order valence-electron chi connectivity index (χ1n) is 5.53. The van der Waals surface area contributed by atoms with E-state index in [-0.39, 0.29) is 11.5 Å². The number of halogens is 1. The van der Waals surface area contributed by atoms with Gasteiger partial charge in [0.1, 0.15) is 0 Å². The van der Waals surface area contributed by atoms with Crippen LogP contribution in [0.1, 0.15) is 15.9 Å². The number of carbonyl (C=O) groups is 1.